The van der Waals surface area contributed by atoms with E-state index in [1.54, 1.807) is 0 Å². The van der Waals surface area contributed by atoms with Crippen LogP contribution in [0.3, 0.4) is 0 Å². The molecule has 8 rings (SSSR count). The van der Waals surface area contributed by atoms with Gasteiger partial charge in [-0.2, -0.15) is 0 Å². The number of benzene rings is 7. The Morgan fingerprint density at radius 3 is 1.85 bits per heavy atom. The Morgan fingerprint density at radius 2 is 1.12 bits per heavy atom. The van der Waals surface area contributed by atoms with Gasteiger partial charge in [0.05, 0.1) is 16.7 Å². The number of nitrogens with zero attached hydrogens (tertiary/aromatic N) is 2. The lowest BCUT2D eigenvalue weighted by molar-refractivity contribution is 0.909. The molecule has 0 unspecified atom stereocenters. The number of para-hydroxylation sites is 3. The van der Waals surface area contributed by atoms with Crippen LogP contribution in [0.15, 0.2) is 140 Å². The third-order valence-electron chi connectivity index (χ3n) is 8.33. The molecule has 0 atom stereocenters. The summed E-state index contributed by atoms with van der Waals surface area (Å²) in [7, 11) is 0. The van der Waals surface area contributed by atoms with Crippen LogP contribution in [0, 0.1) is 0 Å². The molecule has 2 nitrogen and oxygen atoms in total. The summed E-state index contributed by atoms with van der Waals surface area (Å²) < 4.78 is 2.35. The maximum absolute atomic E-state index is 5.01. The lowest BCUT2D eigenvalue weighted by atomic mass is 9.85. The molecule has 0 saturated heterocycles. The van der Waals surface area contributed by atoms with Crippen LogP contribution in [0.2, 0.25) is 0 Å². The normalized spacial score (nSPS) is 11.6. The molecule has 0 aliphatic carbocycles. The van der Waals surface area contributed by atoms with E-state index in [0.29, 0.717) is 0 Å². The molecule has 0 spiro atoms. The predicted molar refractivity (Wildman–Crippen MR) is 174 cm³/mol. The fourth-order valence-corrected chi connectivity index (χ4v) is 6.54. The number of hydrogen-bond acceptors (Lipinski definition) is 1. The van der Waals surface area contributed by atoms with E-state index < -0.39 is 0 Å². The maximum atomic E-state index is 5.01. The van der Waals surface area contributed by atoms with Crippen LogP contribution in [0.25, 0.3) is 71.3 Å². The van der Waals surface area contributed by atoms with Crippen molar-refractivity contribution in [3.8, 4) is 27.9 Å². The lowest BCUT2D eigenvalue weighted by Gasteiger charge is -2.20. The molecule has 7 aromatic carbocycles. The van der Waals surface area contributed by atoms with E-state index in [1.165, 1.54) is 54.6 Å². The zero-order chi connectivity index (χ0) is 27.3. The van der Waals surface area contributed by atoms with Crippen molar-refractivity contribution < 1.29 is 0 Å². The molecule has 0 radical (unpaired) electrons. The molecule has 1 aromatic heterocycles. The van der Waals surface area contributed by atoms with Gasteiger partial charge >= 0.3 is 0 Å². The first-order valence-electron chi connectivity index (χ1n) is 14.3. The summed E-state index contributed by atoms with van der Waals surface area (Å²) in [5, 5.41) is 7.55. The molecule has 194 valence electrons. The van der Waals surface area contributed by atoms with Crippen molar-refractivity contribution in [3.63, 3.8) is 0 Å². The summed E-state index contributed by atoms with van der Waals surface area (Å²) in [6.07, 6.45) is 0.853. The predicted octanol–water partition coefficient (Wildman–Crippen LogP) is 10.4. The number of imidazole rings is 1. The number of rotatable bonds is 4. The van der Waals surface area contributed by atoms with Crippen molar-refractivity contribution in [2.24, 2.45) is 0 Å². The molecule has 41 heavy (non-hydrogen) atoms. The average molecular weight is 525 g/mol. The number of aromatic nitrogens is 2. The Balaban J connectivity index is 1.49. The average Bonchev–Trinajstić information content (AvgIpc) is 3.42. The second-order valence-corrected chi connectivity index (χ2v) is 10.6. The summed E-state index contributed by atoms with van der Waals surface area (Å²) in [6.45, 7) is 2.18. The third-order valence-corrected chi connectivity index (χ3v) is 8.33. The van der Waals surface area contributed by atoms with Gasteiger partial charge in [-0.05, 0) is 73.3 Å². The summed E-state index contributed by atoms with van der Waals surface area (Å²) in [4.78, 5) is 5.01. The first-order valence-corrected chi connectivity index (χ1v) is 14.3. The lowest BCUT2D eigenvalue weighted by Crippen LogP contribution is -2.03. The molecule has 1 heterocycles. The minimum Gasteiger partial charge on any atom is -0.296 e. The first kappa shape index (κ1) is 23.7. The molecule has 0 fully saturated rings. The van der Waals surface area contributed by atoms with Crippen molar-refractivity contribution >= 4 is 43.4 Å². The number of aryl methyl sites for hydroxylation is 1. The Labute approximate surface area is 239 Å². The summed E-state index contributed by atoms with van der Waals surface area (Å²) in [5.41, 5.74) is 8.32. The zero-order valence-corrected chi connectivity index (χ0v) is 22.9. The molecular formula is C39H28N2. The highest BCUT2D eigenvalue weighted by Gasteiger charge is 2.20. The van der Waals surface area contributed by atoms with Gasteiger partial charge in [0, 0.05) is 12.0 Å². The Bertz CT molecular complexity index is 2200. The molecule has 0 amide bonds. The van der Waals surface area contributed by atoms with Crippen molar-refractivity contribution in [2.45, 2.75) is 13.3 Å². The Kier molecular flexibility index (Phi) is 5.46. The highest BCUT2D eigenvalue weighted by atomic mass is 15.1. The van der Waals surface area contributed by atoms with Crippen molar-refractivity contribution in [1.29, 1.82) is 0 Å². The largest absolute Gasteiger partial charge is 0.296 e. The minimum atomic E-state index is 0.853. The third kappa shape index (κ3) is 3.68. The van der Waals surface area contributed by atoms with Crippen LogP contribution in [-0.2, 0) is 6.42 Å². The number of hydrogen-bond donors (Lipinski definition) is 0. The van der Waals surface area contributed by atoms with Crippen LogP contribution >= 0.6 is 0 Å². The number of fused-ring (bicyclic) bond motifs is 4. The van der Waals surface area contributed by atoms with Crippen molar-refractivity contribution in [3.05, 3.63) is 145 Å². The fourth-order valence-electron chi connectivity index (χ4n) is 6.54. The van der Waals surface area contributed by atoms with Gasteiger partial charge in [0.1, 0.15) is 5.82 Å². The van der Waals surface area contributed by atoms with E-state index in [2.05, 4.69) is 151 Å². The first-order chi connectivity index (χ1) is 20.3. The van der Waals surface area contributed by atoms with E-state index in [1.807, 2.05) is 0 Å². The SMILES string of the molecule is CCc1nc2ccccc2n1-c1ccccc1-c1c2ccccc2c(-c2ccc3ccccc3c2)c2ccccc12. The molecule has 8 aromatic rings. The van der Waals surface area contributed by atoms with Crippen LogP contribution < -0.4 is 0 Å². The highest BCUT2D eigenvalue weighted by Crippen LogP contribution is 2.45. The van der Waals surface area contributed by atoms with Crippen LogP contribution in [0.4, 0.5) is 0 Å². The molecule has 0 aliphatic rings. The Morgan fingerprint density at radius 1 is 0.537 bits per heavy atom. The molecule has 0 bridgehead atoms. The second kappa shape index (κ2) is 9.46. The van der Waals surface area contributed by atoms with Crippen LogP contribution in [0.5, 0.6) is 0 Å². The quantitative estimate of drug-likeness (QED) is 0.209. The van der Waals surface area contributed by atoms with Gasteiger partial charge in [0.2, 0.25) is 0 Å². The molecule has 2 heteroatoms. The monoisotopic (exact) mass is 524 g/mol. The van der Waals surface area contributed by atoms with Gasteiger partial charge in [-0.1, -0.05) is 122 Å². The van der Waals surface area contributed by atoms with Gasteiger partial charge in [-0.25, -0.2) is 4.98 Å². The maximum Gasteiger partial charge on any atom is 0.114 e. The van der Waals surface area contributed by atoms with E-state index in [9.17, 15) is 0 Å². The van der Waals surface area contributed by atoms with E-state index >= 15 is 0 Å². The minimum absolute atomic E-state index is 0.853. The van der Waals surface area contributed by atoms with Gasteiger partial charge in [0.25, 0.3) is 0 Å². The summed E-state index contributed by atoms with van der Waals surface area (Å²) in [6, 6.07) is 50.5. The van der Waals surface area contributed by atoms with Crippen molar-refractivity contribution in [2.75, 3.05) is 0 Å². The van der Waals surface area contributed by atoms with Gasteiger partial charge in [-0.3, -0.25) is 4.57 Å². The van der Waals surface area contributed by atoms with Gasteiger partial charge in [-0.15, -0.1) is 0 Å². The van der Waals surface area contributed by atoms with E-state index in [0.717, 1.165) is 29.0 Å². The van der Waals surface area contributed by atoms with Crippen LogP contribution in [-0.4, -0.2) is 9.55 Å². The summed E-state index contributed by atoms with van der Waals surface area (Å²) in [5.74, 6) is 1.07. The molecule has 0 N–H and O–H groups in total. The summed E-state index contributed by atoms with van der Waals surface area (Å²) >= 11 is 0. The van der Waals surface area contributed by atoms with Crippen LogP contribution in [0.1, 0.15) is 12.7 Å². The molecular weight excluding hydrogens is 496 g/mol. The topological polar surface area (TPSA) is 17.8 Å². The Hall–Kier alpha value is -5.21. The smallest absolute Gasteiger partial charge is 0.114 e. The van der Waals surface area contributed by atoms with E-state index in [4.69, 9.17) is 4.98 Å². The fraction of sp³-hybridized carbons (Fsp3) is 0.0513. The highest BCUT2D eigenvalue weighted by molar-refractivity contribution is 6.22. The van der Waals surface area contributed by atoms with E-state index in [-0.39, 0.29) is 0 Å². The zero-order valence-electron chi connectivity index (χ0n) is 22.9. The van der Waals surface area contributed by atoms with Gasteiger partial charge in [0.15, 0.2) is 0 Å². The molecule has 0 saturated carbocycles. The van der Waals surface area contributed by atoms with Gasteiger partial charge < -0.3 is 0 Å². The second-order valence-electron chi connectivity index (χ2n) is 10.6. The van der Waals surface area contributed by atoms with Crippen molar-refractivity contribution in [1.82, 2.24) is 9.55 Å². The standard InChI is InChI=1S/C39H28N2/c1-2-37-40-34-20-10-12-22-36(34)41(37)35-21-11-9-19-33(35)39-31-17-7-5-15-29(31)38(30-16-6-8-18-32(30)39)28-24-23-26-13-3-4-14-27(26)25-28/h3-25H,2H2,1H3. The molecule has 0 aliphatic heterocycles.